The highest BCUT2D eigenvalue weighted by atomic mass is 16.7. The molecule has 0 saturated carbocycles. The summed E-state index contributed by atoms with van der Waals surface area (Å²) < 4.78 is 16.2. The fraction of sp³-hybridized carbons (Fsp3) is 0.238. The summed E-state index contributed by atoms with van der Waals surface area (Å²) in [5.74, 6) is -1.92. The Morgan fingerprint density at radius 1 is 0.968 bits per heavy atom. The molecule has 162 valence electrons. The molecule has 2 heterocycles. The van der Waals surface area contributed by atoms with Crippen LogP contribution in [-0.4, -0.2) is 62.2 Å². The summed E-state index contributed by atoms with van der Waals surface area (Å²) in [7, 11) is 0. The van der Waals surface area contributed by atoms with Gasteiger partial charge in [-0.3, -0.25) is 4.79 Å². The number of hydrogen-bond donors (Lipinski definition) is 5. The van der Waals surface area contributed by atoms with Gasteiger partial charge in [0.2, 0.25) is 6.29 Å². The monoisotopic (exact) mass is 430 g/mol. The Labute approximate surface area is 174 Å². The Morgan fingerprint density at radius 2 is 1.68 bits per heavy atom. The summed E-state index contributed by atoms with van der Waals surface area (Å²) in [5, 5.41) is 49.1. The minimum absolute atomic E-state index is 0.0259. The van der Waals surface area contributed by atoms with Crippen molar-refractivity contribution in [2.24, 2.45) is 0 Å². The van der Waals surface area contributed by atoms with Crippen LogP contribution in [0.1, 0.15) is 0 Å². The molecule has 1 saturated heterocycles. The maximum absolute atomic E-state index is 12.5. The number of ether oxygens (including phenoxy) is 2. The lowest BCUT2D eigenvalue weighted by Crippen LogP contribution is -2.61. The van der Waals surface area contributed by atoms with E-state index < -0.39 is 47.9 Å². The fourth-order valence-corrected chi connectivity index (χ4v) is 3.34. The molecule has 0 amide bonds. The molecule has 3 aromatic rings. The zero-order valence-corrected chi connectivity index (χ0v) is 15.8. The number of rotatable bonds is 4. The summed E-state index contributed by atoms with van der Waals surface area (Å²) in [6.45, 7) is 0. The molecule has 2 aromatic carbocycles. The first-order chi connectivity index (χ1) is 14.8. The highest BCUT2D eigenvalue weighted by molar-refractivity contribution is 5.86. The Balaban J connectivity index is 1.71. The zero-order valence-electron chi connectivity index (χ0n) is 15.8. The summed E-state index contributed by atoms with van der Waals surface area (Å²) in [5.41, 5.74) is 0.101. The van der Waals surface area contributed by atoms with E-state index in [0.717, 1.165) is 6.07 Å². The van der Waals surface area contributed by atoms with E-state index in [1.54, 1.807) is 30.3 Å². The lowest BCUT2D eigenvalue weighted by Gasteiger charge is -2.38. The molecule has 0 bridgehead atoms. The third kappa shape index (κ3) is 3.84. The first-order valence-electron chi connectivity index (χ1n) is 9.21. The van der Waals surface area contributed by atoms with Gasteiger partial charge in [-0.1, -0.05) is 30.3 Å². The zero-order chi connectivity index (χ0) is 22.3. The van der Waals surface area contributed by atoms with Gasteiger partial charge < -0.3 is 39.4 Å². The number of aliphatic hydroxyl groups excluding tert-OH is 3. The second-order valence-electron chi connectivity index (χ2n) is 7.01. The average Bonchev–Trinajstić information content (AvgIpc) is 2.74. The Hall–Kier alpha value is -3.44. The lowest BCUT2D eigenvalue weighted by molar-refractivity contribution is -0.271. The number of benzene rings is 2. The smallest absolute Gasteiger partial charge is 0.335 e. The minimum Gasteiger partial charge on any atom is -0.507 e. The average molecular weight is 430 g/mol. The van der Waals surface area contributed by atoms with Gasteiger partial charge in [0.05, 0.1) is 0 Å². The van der Waals surface area contributed by atoms with Crippen molar-refractivity contribution in [3.8, 4) is 22.8 Å². The molecule has 1 aliphatic heterocycles. The summed E-state index contributed by atoms with van der Waals surface area (Å²) in [4.78, 5) is 23.7. The van der Waals surface area contributed by atoms with E-state index >= 15 is 0 Å². The van der Waals surface area contributed by atoms with Crippen LogP contribution in [0.25, 0.3) is 22.3 Å². The van der Waals surface area contributed by atoms with Gasteiger partial charge in [0, 0.05) is 23.8 Å². The van der Waals surface area contributed by atoms with Gasteiger partial charge in [-0.25, -0.2) is 4.79 Å². The minimum atomic E-state index is -1.87. The van der Waals surface area contributed by atoms with E-state index in [9.17, 15) is 30.0 Å². The van der Waals surface area contributed by atoms with Crippen molar-refractivity contribution in [2.75, 3.05) is 0 Å². The second kappa shape index (κ2) is 8.00. The van der Waals surface area contributed by atoms with Crippen molar-refractivity contribution in [1.29, 1.82) is 0 Å². The number of carbonyl (C=O) groups is 1. The number of phenolic OH excluding ortho intramolecular Hbond substituents is 1. The number of phenols is 1. The molecule has 0 aliphatic carbocycles. The van der Waals surface area contributed by atoms with E-state index in [2.05, 4.69) is 0 Å². The molecule has 0 unspecified atom stereocenters. The molecule has 1 aromatic heterocycles. The molecule has 0 spiro atoms. The molecular formula is C21H18O10. The molecule has 31 heavy (non-hydrogen) atoms. The van der Waals surface area contributed by atoms with Crippen molar-refractivity contribution in [2.45, 2.75) is 30.7 Å². The number of carboxylic acids is 1. The summed E-state index contributed by atoms with van der Waals surface area (Å²) in [6.07, 6.45) is -9.04. The van der Waals surface area contributed by atoms with Gasteiger partial charge >= 0.3 is 5.97 Å². The van der Waals surface area contributed by atoms with Crippen LogP contribution >= 0.6 is 0 Å². The predicted octanol–water partition coefficient (Wildman–Crippen LogP) is 0.437. The van der Waals surface area contributed by atoms with Crippen LogP contribution in [0.15, 0.2) is 57.7 Å². The van der Waals surface area contributed by atoms with Crippen molar-refractivity contribution in [3.63, 3.8) is 0 Å². The van der Waals surface area contributed by atoms with Crippen LogP contribution in [-0.2, 0) is 9.53 Å². The molecule has 10 heteroatoms. The number of aliphatic hydroxyl groups is 3. The Bertz CT molecular complexity index is 1170. The van der Waals surface area contributed by atoms with E-state index in [1.165, 1.54) is 12.1 Å². The van der Waals surface area contributed by atoms with Crippen LogP contribution in [0.3, 0.4) is 0 Å². The third-order valence-electron chi connectivity index (χ3n) is 4.91. The Morgan fingerprint density at radius 3 is 2.35 bits per heavy atom. The molecule has 1 fully saturated rings. The van der Waals surface area contributed by atoms with E-state index in [1.807, 2.05) is 0 Å². The summed E-state index contributed by atoms with van der Waals surface area (Å²) in [6, 6.07) is 12.3. The van der Waals surface area contributed by atoms with Gasteiger partial charge in [-0.15, -0.1) is 0 Å². The van der Waals surface area contributed by atoms with Gasteiger partial charge in [0.15, 0.2) is 11.5 Å². The van der Waals surface area contributed by atoms with Crippen molar-refractivity contribution in [1.82, 2.24) is 0 Å². The largest absolute Gasteiger partial charge is 0.507 e. The lowest BCUT2D eigenvalue weighted by atomic mass is 9.99. The topological polar surface area (TPSA) is 167 Å². The summed E-state index contributed by atoms with van der Waals surface area (Å²) >= 11 is 0. The van der Waals surface area contributed by atoms with Crippen LogP contribution in [0, 0.1) is 0 Å². The van der Waals surface area contributed by atoms with Gasteiger partial charge in [0.1, 0.15) is 46.5 Å². The predicted molar refractivity (Wildman–Crippen MR) is 105 cm³/mol. The molecule has 4 rings (SSSR count). The third-order valence-corrected chi connectivity index (χ3v) is 4.91. The van der Waals surface area contributed by atoms with Gasteiger partial charge in [-0.05, 0) is 0 Å². The van der Waals surface area contributed by atoms with Gasteiger partial charge in [0.25, 0.3) is 0 Å². The maximum atomic E-state index is 12.5. The van der Waals surface area contributed by atoms with Crippen LogP contribution in [0.5, 0.6) is 11.5 Å². The highest BCUT2D eigenvalue weighted by Crippen LogP contribution is 2.33. The van der Waals surface area contributed by atoms with Crippen LogP contribution in [0.2, 0.25) is 0 Å². The van der Waals surface area contributed by atoms with E-state index in [0.29, 0.717) is 5.56 Å². The van der Waals surface area contributed by atoms with Gasteiger partial charge in [-0.2, -0.15) is 0 Å². The van der Waals surface area contributed by atoms with Crippen molar-refractivity contribution >= 4 is 16.9 Å². The number of fused-ring (bicyclic) bond motifs is 1. The van der Waals surface area contributed by atoms with Crippen molar-refractivity contribution in [3.05, 3.63) is 58.8 Å². The fourth-order valence-electron chi connectivity index (χ4n) is 3.34. The van der Waals surface area contributed by atoms with Crippen LogP contribution in [0.4, 0.5) is 0 Å². The van der Waals surface area contributed by atoms with E-state index in [-0.39, 0.29) is 22.5 Å². The van der Waals surface area contributed by atoms with Crippen molar-refractivity contribution < 1.29 is 44.2 Å². The first-order valence-corrected chi connectivity index (χ1v) is 9.21. The number of hydrogen-bond acceptors (Lipinski definition) is 9. The molecular weight excluding hydrogens is 412 g/mol. The number of aliphatic carboxylic acids is 1. The molecule has 5 atom stereocenters. The molecule has 0 radical (unpaired) electrons. The normalized spacial score (nSPS) is 26.0. The van der Waals surface area contributed by atoms with E-state index in [4.69, 9.17) is 19.0 Å². The molecule has 10 nitrogen and oxygen atoms in total. The van der Waals surface area contributed by atoms with Crippen LogP contribution < -0.4 is 10.2 Å². The number of carboxylic acid groups (broad SMARTS) is 1. The molecule has 5 N–H and O–H groups in total. The Kier molecular flexibility index (Phi) is 5.38. The quantitative estimate of drug-likeness (QED) is 0.392. The second-order valence-corrected chi connectivity index (χ2v) is 7.01. The standard InChI is InChI=1S/C21H18O10/c22-11-6-10(29-21-18(26)16(24)17(25)19(31-21)20(27)28)7-14-15(11)12(23)8-13(30-14)9-4-2-1-3-5-9/h1-8,16-19,21-22,24-26H,(H,27,28)/t16-,17-,18+,19-,21-/m0/s1. The molecule has 1 aliphatic rings. The maximum Gasteiger partial charge on any atom is 0.335 e. The highest BCUT2D eigenvalue weighted by Gasteiger charge is 2.48. The SMILES string of the molecule is O=C(O)[C@H]1O[C@H](Oc2cc(O)c3c(=O)cc(-c4ccccc4)oc3c2)[C@H](O)[C@@H](O)[C@@H]1O. The first kappa shape index (κ1) is 20.8. The number of aromatic hydroxyl groups is 1.